The number of nitrogens with one attached hydrogen (secondary N) is 1. The Labute approximate surface area is 123 Å². The van der Waals surface area contributed by atoms with Crippen molar-refractivity contribution < 1.29 is 9.90 Å². The van der Waals surface area contributed by atoms with E-state index in [-0.39, 0.29) is 5.92 Å². The molecule has 0 aromatic rings. The molecule has 2 rings (SSSR count). The van der Waals surface area contributed by atoms with E-state index in [2.05, 4.69) is 12.2 Å². The molecule has 2 N–H and O–H groups in total. The Hall–Kier alpha value is -0.570. The van der Waals surface area contributed by atoms with Crippen molar-refractivity contribution in [2.75, 3.05) is 6.54 Å². The van der Waals surface area contributed by atoms with Crippen molar-refractivity contribution in [2.24, 2.45) is 17.8 Å². The summed E-state index contributed by atoms with van der Waals surface area (Å²) in [4.78, 5) is 10.9. The first kappa shape index (κ1) is 15.8. The predicted octanol–water partition coefficient (Wildman–Crippen LogP) is 3.83. The lowest BCUT2D eigenvalue weighted by molar-refractivity contribution is -0.142. The molecule has 0 aromatic carbocycles. The van der Waals surface area contributed by atoms with Crippen molar-refractivity contribution in [2.45, 2.75) is 77.2 Å². The van der Waals surface area contributed by atoms with E-state index in [4.69, 9.17) is 5.11 Å². The maximum atomic E-state index is 10.9. The van der Waals surface area contributed by atoms with E-state index in [0.717, 1.165) is 44.1 Å². The summed E-state index contributed by atoms with van der Waals surface area (Å²) in [5, 5.41) is 12.7. The van der Waals surface area contributed by atoms with Crippen LogP contribution in [0.1, 0.15) is 71.1 Å². The molecule has 2 saturated carbocycles. The van der Waals surface area contributed by atoms with Gasteiger partial charge in [-0.25, -0.2) is 0 Å². The molecule has 1 unspecified atom stereocenters. The minimum atomic E-state index is -0.603. The minimum Gasteiger partial charge on any atom is -0.481 e. The maximum Gasteiger partial charge on any atom is 0.306 e. The van der Waals surface area contributed by atoms with Gasteiger partial charge in [0.05, 0.1) is 5.92 Å². The standard InChI is InChI=1S/C17H31NO2/c1-13(11-14-5-3-2-4-6-14)12-18-16-9-7-15(8-10-16)17(19)20/h13-16,18H,2-12H2,1H3,(H,19,20). The number of carboxylic acids is 1. The third-order valence-corrected chi connectivity index (χ3v) is 5.29. The van der Waals surface area contributed by atoms with Gasteiger partial charge in [-0.2, -0.15) is 0 Å². The van der Waals surface area contributed by atoms with Crippen molar-refractivity contribution in [3.8, 4) is 0 Å². The third-order valence-electron chi connectivity index (χ3n) is 5.29. The zero-order chi connectivity index (χ0) is 14.4. The van der Waals surface area contributed by atoms with Crippen LogP contribution < -0.4 is 5.32 Å². The Kier molecular flexibility index (Phi) is 6.34. The fourth-order valence-corrected chi connectivity index (χ4v) is 3.99. The average molecular weight is 281 g/mol. The first-order chi connectivity index (χ1) is 9.65. The van der Waals surface area contributed by atoms with Crippen molar-refractivity contribution in [3.05, 3.63) is 0 Å². The third kappa shape index (κ3) is 5.08. The Balaban J connectivity index is 1.59. The van der Waals surface area contributed by atoms with Crippen LogP contribution in [0.3, 0.4) is 0 Å². The smallest absolute Gasteiger partial charge is 0.306 e. The highest BCUT2D eigenvalue weighted by atomic mass is 16.4. The Morgan fingerprint density at radius 2 is 1.75 bits per heavy atom. The van der Waals surface area contributed by atoms with Gasteiger partial charge in [-0.15, -0.1) is 0 Å². The van der Waals surface area contributed by atoms with Crippen LogP contribution in [-0.4, -0.2) is 23.7 Å². The van der Waals surface area contributed by atoms with Crippen LogP contribution >= 0.6 is 0 Å². The predicted molar refractivity (Wildman–Crippen MR) is 81.7 cm³/mol. The summed E-state index contributed by atoms with van der Waals surface area (Å²) in [7, 11) is 0. The molecule has 0 aromatic heterocycles. The van der Waals surface area contributed by atoms with E-state index in [1.165, 1.54) is 38.5 Å². The van der Waals surface area contributed by atoms with E-state index in [9.17, 15) is 4.79 Å². The van der Waals surface area contributed by atoms with Crippen LogP contribution in [0.15, 0.2) is 0 Å². The largest absolute Gasteiger partial charge is 0.481 e. The fraction of sp³-hybridized carbons (Fsp3) is 0.941. The van der Waals surface area contributed by atoms with Crippen molar-refractivity contribution in [1.82, 2.24) is 5.32 Å². The van der Waals surface area contributed by atoms with Gasteiger partial charge in [0.15, 0.2) is 0 Å². The summed E-state index contributed by atoms with van der Waals surface area (Å²) in [6, 6.07) is 0.555. The van der Waals surface area contributed by atoms with Gasteiger partial charge in [-0.3, -0.25) is 4.79 Å². The number of carbonyl (C=O) groups is 1. The van der Waals surface area contributed by atoms with Crippen LogP contribution in [0.25, 0.3) is 0 Å². The molecule has 1 atom stereocenters. The molecule has 3 nitrogen and oxygen atoms in total. The monoisotopic (exact) mass is 281 g/mol. The average Bonchev–Trinajstić information content (AvgIpc) is 2.46. The van der Waals surface area contributed by atoms with E-state index in [0.29, 0.717) is 6.04 Å². The molecule has 0 amide bonds. The fourth-order valence-electron chi connectivity index (χ4n) is 3.99. The summed E-state index contributed by atoms with van der Waals surface area (Å²) < 4.78 is 0. The van der Waals surface area contributed by atoms with Crippen molar-refractivity contribution in [1.29, 1.82) is 0 Å². The molecule has 0 spiro atoms. The van der Waals surface area contributed by atoms with Crippen LogP contribution in [0, 0.1) is 17.8 Å². The van der Waals surface area contributed by atoms with Gasteiger partial charge < -0.3 is 10.4 Å². The van der Waals surface area contributed by atoms with Crippen molar-refractivity contribution in [3.63, 3.8) is 0 Å². The summed E-state index contributed by atoms with van der Waals surface area (Å²) in [6.45, 7) is 3.48. The summed E-state index contributed by atoms with van der Waals surface area (Å²) in [5.74, 6) is 1.03. The molecule has 2 aliphatic rings. The highest BCUT2D eigenvalue weighted by Gasteiger charge is 2.26. The first-order valence-electron chi connectivity index (χ1n) is 8.61. The number of rotatable bonds is 6. The molecule has 0 radical (unpaired) electrons. The van der Waals surface area contributed by atoms with Gasteiger partial charge in [0, 0.05) is 6.04 Å². The van der Waals surface area contributed by atoms with E-state index in [1.807, 2.05) is 0 Å². The second-order valence-corrected chi connectivity index (χ2v) is 7.14. The lowest BCUT2D eigenvalue weighted by Gasteiger charge is -2.29. The van der Waals surface area contributed by atoms with Gasteiger partial charge >= 0.3 is 5.97 Å². The molecular weight excluding hydrogens is 250 g/mol. The summed E-state index contributed by atoms with van der Waals surface area (Å²) in [5.41, 5.74) is 0. The topological polar surface area (TPSA) is 49.3 Å². The number of carboxylic acid groups (broad SMARTS) is 1. The van der Waals surface area contributed by atoms with Crippen LogP contribution in [0.4, 0.5) is 0 Å². The molecule has 0 bridgehead atoms. The molecule has 0 aliphatic heterocycles. The lowest BCUT2D eigenvalue weighted by atomic mass is 9.83. The van der Waals surface area contributed by atoms with Crippen LogP contribution in [0.5, 0.6) is 0 Å². The lowest BCUT2D eigenvalue weighted by Crippen LogP contribution is -2.37. The Morgan fingerprint density at radius 3 is 2.35 bits per heavy atom. The van der Waals surface area contributed by atoms with Crippen LogP contribution in [-0.2, 0) is 4.79 Å². The Morgan fingerprint density at radius 1 is 1.10 bits per heavy atom. The zero-order valence-electron chi connectivity index (χ0n) is 12.9. The van der Waals surface area contributed by atoms with Gasteiger partial charge in [0.1, 0.15) is 0 Å². The highest BCUT2D eigenvalue weighted by Crippen LogP contribution is 2.29. The molecule has 2 aliphatic carbocycles. The molecule has 20 heavy (non-hydrogen) atoms. The first-order valence-corrected chi connectivity index (χ1v) is 8.61. The second kappa shape index (κ2) is 8.02. The quantitative estimate of drug-likeness (QED) is 0.778. The van der Waals surface area contributed by atoms with E-state index in [1.54, 1.807) is 0 Å². The molecule has 3 heteroatoms. The number of aliphatic carboxylic acids is 1. The molecule has 116 valence electrons. The SMILES string of the molecule is CC(CNC1CCC(C(=O)O)CC1)CC1CCCCC1. The van der Waals surface area contributed by atoms with Gasteiger partial charge in [-0.05, 0) is 50.5 Å². The second-order valence-electron chi connectivity index (χ2n) is 7.14. The van der Waals surface area contributed by atoms with Gasteiger partial charge in [-0.1, -0.05) is 39.0 Å². The molecule has 0 saturated heterocycles. The Bertz CT molecular complexity index is 291. The van der Waals surface area contributed by atoms with Gasteiger partial charge in [0.25, 0.3) is 0 Å². The van der Waals surface area contributed by atoms with E-state index >= 15 is 0 Å². The molecular formula is C17H31NO2. The minimum absolute atomic E-state index is 0.0901. The van der Waals surface area contributed by atoms with E-state index < -0.39 is 5.97 Å². The van der Waals surface area contributed by atoms with Gasteiger partial charge in [0.2, 0.25) is 0 Å². The van der Waals surface area contributed by atoms with Crippen LogP contribution in [0.2, 0.25) is 0 Å². The summed E-state index contributed by atoms with van der Waals surface area (Å²) >= 11 is 0. The summed E-state index contributed by atoms with van der Waals surface area (Å²) in [6.07, 6.45) is 12.3. The molecule has 2 fully saturated rings. The zero-order valence-corrected chi connectivity index (χ0v) is 12.9. The maximum absolute atomic E-state index is 10.9. The molecule has 0 heterocycles. The normalized spacial score (nSPS) is 30.1. The highest BCUT2D eigenvalue weighted by molar-refractivity contribution is 5.70. The number of hydrogen-bond acceptors (Lipinski definition) is 2. The number of hydrogen-bond donors (Lipinski definition) is 2. The van der Waals surface area contributed by atoms with Crippen molar-refractivity contribution >= 4 is 5.97 Å².